The van der Waals surface area contributed by atoms with Crippen molar-refractivity contribution in [1.82, 2.24) is 4.90 Å². The number of benzene rings is 2. The standard InChI is InChI=1S/C18H17ClN2O3/c1-12(22)24-10-9-21-17(13-5-3-2-4-6-13)15-11-14(19)7-8-16(15)20-18(21)23/h2-8,11,17H,9-10H2,1H3,(H,20,23). The van der Waals surface area contributed by atoms with Crippen molar-refractivity contribution >= 4 is 29.3 Å². The van der Waals surface area contributed by atoms with Crippen LogP contribution in [0.25, 0.3) is 0 Å². The Morgan fingerprint density at radius 2 is 2.00 bits per heavy atom. The smallest absolute Gasteiger partial charge is 0.322 e. The third-order valence-electron chi connectivity index (χ3n) is 3.88. The van der Waals surface area contributed by atoms with Gasteiger partial charge in [-0.1, -0.05) is 41.9 Å². The molecule has 2 aromatic rings. The Bertz CT molecular complexity index is 764. The van der Waals surface area contributed by atoms with E-state index in [0.29, 0.717) is 5.02 Å². The lowest BCUT2D eigenvalue weighted by Crippen LogP contribution is -2.44. The van der Waals surface area contributed by atoms with Crippen molar-refractivity contribution in [3.05, 3.63) is 64.7 Å². The van der Waals surface area contributed by atoms with Gasteiger partial charge >= 0.3 is 12.0 Å². The Morgan fingerprint density at radius 1 is 1.25 bits per heavy atom. The number of ether oxygens (including phenoxy) is 1. The van der Waals surface area contributed by atoms with E-state index in [0.717, 1.165) is 16.8 Å². The molecular weight excluding hydrogens is 328 g/mol. The Morgan fingerprint density at radius 3 is 2.71 bits per heavy atom. The number of hydrogen-bond acceptors (Lipinski definition) is 3. The second kappa shape index (κ2) is 6.93. The first-order valence-corrected chi connectivity index (χ1v) is 7.99. The molecule has 0 bridgehead atoms. The Kier molecular flexibility index (Phi) is 4.71. The SMILES string of the molecule is CC(=O)OCCN1C(=O)Nc2ccc(Cl)cc2C1c1ccccc1. The van der Waals surface area contributed by atoms with Gasteiger partial charge in [0.05, 0.1) is 12.6 Å². The van der Waals surface area contributed by atoms with Crippen molar-refractivity contribution < 1.29 is 14.3 Å². The second-order valence-electron chi connectivity index (χ2n) is 5.51. The number of nitrogens with one attached hydrogen (secondary N) is 1. The first-order valence-electron chi connectivity index (χ1n) is 7.61. The zero-order valence-electron chi connectivity index (χ0n) is 13.2. The summed E-state index contributed by atoms with van der Waals surface area (Å²) in [6.45, 7) is 1.78. The highest BCUT2D eigenvalue weighted by Gasteiger charge is 2.33. The Hall–Kier alpha value is -2.53. The largest absolute Gasteiger partial charge is 0.464 e. The third-order valence-corrected chi connectivity index (χ3v) is 4.11. The monoisotopic (exact) mass is 344 g/mol. The molecule has 0 saturated carbocycles. The summed E-state index contributed by atoms with van der Waals surface area (Å²) in [5, 5.41) is 3.47. The molecule has 2 amide bonds. The Labute approximate surface area is 145 Å². The summed E-state index contributed by atoms with van der Waals surface area (Å²) in [5.41, 5.74) is 2.62. The topological polar surface area (TPSA) is 58.6 Å². The van der Waals surface area contributed by atoms with Gasteiger partial charge in [-0.25, -0.2) is 4.79 Å². The van der Waals surface area contributed by atoms with Crippen molar-refractivity contribution in [3.8, 4) is 0 Å². The molecule has 1 heterocycles. The number of hydrogen-bond donors (Lipinski definition) is 1. The first-order chi connectivity index (χ1) is 11.6. The van der Waals surface area contributed by atoms with Crippen LogP contribution in [0.3, 0.4) is 0 Å². The number of nitrogens with zero attached hydrogens (tertiary/aromatic N) is 1. The lowest BCUT2D eigenvalue weighted by atomic mass is 9.94. The summed E-state index contributed by atoms with van der Waals surface area (Å²) in [7, 11) is 0. The van der Waals surface area contributed by atoms with Gasteiger partial charge in [-0.15, -0.1) is 0 Å². The van der Waals surface area contributed by atoms with Gasteiger partial charge in [0.1, 0.15) is 6.61 Å². The van der Waals surface area contributed by atoms with Gasteiger partial charge in [-0.3, -0.25) is 4.79 Å². The fraction of sp³-hybridized carbons (Fsp3) is 0.222. The summed E-state index contributed by atoms with van der Waals surface area (Å²) in [6, 6.07) is 14.6. The maximum atomic E-state index is 12.5. The number of anilines is 1. The summed E-state index contributed by atoms with van der Waals surface area (Å²) in [6.07, 6.45) is 0. The number of fused-ring (bicyclic) bond motifs is 1. The molecule has 1 aliphatic rings. The number of esters is 1. The summed E-state index contributed by atoms with van der Waals surface area (Å²) in [4.78, 5) is 25.2. The molecule has 124 valence electrons. The Balaban J connectivity index is 2.00. The number of amides is 2. The molecule has 0 aliphatic carbocycles. The average Bonchev–Trinajstić information content (AvgIpc) is 2.56. The van der Waals surface area contributed by atoms with E-state index >= 15 is 0 Å². The third kappa shape index (κ3) is 3.36. The van der Waals surface area contributed by atoms with Gasteiger partial charge in [0, 0.05) is 23.2 Å². The molecule has 0 saturated heterocycles. The van der Waals surface area contributed by atoms with E-state index in [9.17, 15) is 9.59 Å². The number of rotatable bonds is 4. The van der Waals surface area contributed by atoms with Crippen molar-refractivity contribution in [2.24, 2.45) is 0 Å². The molecule has 0 aromatic heterocycles. The van der Waals surface area contributed by atoms with Gasteiger partial charge in [-0.05, 0) is 23.8 Å². The molecule has 3 rings (SSSR count). The molecule has 24 heavy (non-hydrogen) atoms. The zero-order chi connectivity index (χ0) is 17.1. The van der Waals surface area contributed by atoms with Crippen LogP contribution in [0.5, 0.6) is 0 Å². The van der Waals surface area contributed by atoms with Crippen LogP contribution >= 0.6 is 11.6 Å². The molecule has 1 unspecified atom stereocenters. The van der Waals surface area contributed by atoms with E-state index in [2.05, 4.69) is 5.32 Å². The predicted octanol–water partition coefficient (Wildman–Crippen LogP) is 3.84. The quantitative estimate of drug-likeness (QED) is 0.857. The lowest BCUT2D eigenvalue weighted by Gasteiger charge is -2.37. The second-order valence-corrected chi connectivity index (χ2v) is 5.94. The highest BCUT2D eigenvalue weighted by atomic mass is 35.5. The minimum Gasteiger partial charge on any atom is -0.464 e. The number of urea groups is 1. The molecule has 1 aliphatic heterocycles. The van der Waals surface area contributed by atoms with Gasteiger partial charge in [-0.2, -0.15) is 0 Å². The molecule has 1 atom stereocenters. The van der Waals surface area contributed by atoms with Crippen LogP contribution in [0.2, 0.25) is 5.02 Å². The summed E-state index contributed by atoms with van der Waals surface area (Å²) < 4.78 is 5.00. The highest BCUT2D eigenvalue weighted by molar-refractivity contribution is 6.30. The fourth-order valence-corrected chi connectivity index (χ4v) is 3.04. The predicted molar refractivity (Wildman–Crippen MR) is 92.1 cm³/mol. The van der Waals surface area contributed by atoms with Gasteiger partial charge in [0.25, 0.3) is 0 Å². The van der Waals surface area contributed by atoms with Crippen molar-refractivity contribution in [2.45, 2.75) is 13.0 Å². The van der Waals surface area contributed by atoms with E-state index in [1.54, 1.807) is 17.0 Å². The van der Waals surface area contributed by atoms with Crippen molar-refractivity contribution in [1.29, 1.82) is 0 Å². The number of halogens is 1. The molecular formula is C18H17ClN2O3. The van der Waals surface area contributed by atoms with E-state index in [-0.39, 0.29) is 31.2 Å². The van der Waals surface area contributed by atoms with Gasteiger partial charge < -0.3 is 15.0 Å². The molecule has 0 fully saturated rings. The van der Waals surface area contributed by atoms with Crippen LogP contribution in [0.4, 0.5) is 10.5 Å². The normalized spacial score (nSPS) is 16.3. The first kappa shape index (κ1) is 16.3. The molecule has 0 radical (unpaired) electrons. The fourth-order valence-electron chi connectivity index (χ4n) is 2.86. The van der Waals surface area contributed by atoms with Crippen LogP contribution in [0.1, 0.15) is 24.1 Å². The van der Waals surface area contributed by atoms with E-state index in [4.69, 9.17) is 16.3 Å². The lowest BCUT2D eigenvalue weighted by molar-refractivity contribution is -0.141. The van der Waals surface area contributed by atoms with Crippen molar-refractivity contribution in [2.75, 3.05) is 18.5 Å². The number of carbonyl (C=O) groups is 2. The molecule has 2 aromatic carbocycles. The van der Waals surface area contributed by atoms with Gasteiger partial charge in [0.15, 0.2) is 0 Å². The minimum atomic E-state index is -0.368. The maximum Gasteiger partial charge on any atom is 0.322 e. The van der Waals surface area contributed by atoms with Crippen molar-refractivity contribution in [3.63, 3.8) is 0 Å². The van der Waals surface area contributed by atoms with E-state index in [1.165, 1.54) is 6.92 Å². The van der Waals surface area contributed by atoms with E-state index in [1.807, 2.05) is 36.4 Å². The molecule has 5 nitrogen and oxygen atoms in total. The van der Waals surface area contributed by atoms with Crippen LogP contribution in [-0.4, -0.2) is 30.1 Å². The van der Waals surface area contributed by atoms with E-state index < -0.39 is 0 Å². The molecule has 1 N–H and O–H groups in total. The zero-order valence-corrected chi connectivity index (χ0v) is 13.9. The van der Waals surface area contributed by atoms with Crippen LogP contribution in [0, 0.1) is 0 Å². The van der Waals surface area contributed by atoms with Crippen LogP contribution in [-0.2, 0) is 9.53 Å². The summed E-state index contributed by atoms with van der Waals surface area (Å²) in [5.74, 6) is -0.368. The highest BCUT2D eigenvalue weighted by Crippen LogP contribution is 2.38. The van der Waals surface area contributed by atoms with Crippen LogP contribution < -0.4 is 5.32 Å². The number of carbonyl (C=O) groups excluding carboxylic acids is 2. The van der Waals surface area contributed by atoms with Gasteiger partial charge in [0.2, 0.25) is 0 Å². The van der Waals surface area contributed by atoms with Crippen LogP contribution in [0.15, 0.2) is 48.5 Å². The maximum absolute atomic E-state index is 12.5. The summed E-state index contributed by atoms with van der Waals surface area (Å²) >= 11 is 6.16. The molecule has 0 spiro atoms. The minimum absolute atomic E-state index is 0.141. The molecule has 6 heteroatoms. The average molecular weight is 345 g/mol.